The van der Waals surface area contributed by atoms with Crippen molar-refractivity contribution in [3.05, 3.63) is 0 Å². The van der Waals surface area contributed by atoms with Crippen molar-refractivity contribution >= 4 is 5.97 Å². The highest BCUT2D eigenvalue weighted by atomic mass is 16.5. The van der Waals surface area contributed by atoms with Crippen LogP contribution in [0.1, 0.15) is 175 Å². The monoisotopic (exact) mass is 452 g/mol. The normalized spacial score (nSPS) is 11.4. The quantitative estimate of drug-likeness (QED) is 0.0963. The van der Waals surface area contributed by atoms with Crippen LogP contribution in [0.2, 0.25) is 0 Å². The van der Waals surface area contributed by atoms with Crippen LogP contribution in [0, 0.1) is 5.92 Å². The van der Waals surface area contributed by atoms with Crippen molar-refractivity contribution in [2.45, 2.75) is 175 Å². The summed E-state index contributed by atoms with van der Waals surface area (Å²) < 4.78 is 5.39. The Bertz CT molecular complexity index is 364. The summed E-state index contributed by atoms with van der Waals surface area (Å²) in [6.45, 7) is 7.55. The SMILES string of the molecule is CCCCCCCCCCCCOC(=O)CCCCCCCCCCCCCCC(C)C. The fourth-order valence-electron chi connectivity index (χ4n) is 4.44. The number of hydrogen-bond acceptors (Lipinski definition) is 2. The van der Waals surface area contributed by atoms with Crippen molar-refractivity contribution in [1.82, 2.24) is 0 Å². The van der Waals surface area contributed by atoms with Gasteiger partial charge in [0, 0.05) is 6.42 Å². The molecular formula is C30H60O2. The summed E-state index contributed by atoms with van der Waals surface area (Å²) in [5.41, 5.74) is 0. The van der Waals surface area contributed by atoms with Crippen LogP contribution in [0.25, 0.3) is 0 Å². The molecule has 0 saturated carbocycles. The second kappa shape index (κ2) is 26.7. The minimum absolute atomic E-state index is 0.0225. The first kappa shape index (κ1) is 31.5. The molecule has 192 valence electrons. The fraction of sp³-hybridized carbons (Fsp3) is 0.967. The lowest BCUT2D eigenvalue weighted by atomic mass is 10.0. The molecule has 2 heteroatoms. The van der Waals surface area contributed by atoms with Gasteiger partial charge in [-0.3, -0.25) is 4.79 Å². The van der Waals surface area contributed by atoms with Gasteiger partial charge >= 0.3 is 5.97 Å². The summed E-state index contributed by atoms with van der Waals surface area (Å²) in [6.07, 6.45) is 31.3. The molecule has 0 aromatic heterocycles. The van der Waals surface area contributed by atoms with E-state index in [1.165, 1.54) is 135 Å². The number of esters is 1. The van der Waals surface area contributed by atoms with E-state index in [9.17, 15) is 4.79 Å². The van der Waals surface area contributed by atoms with Gasteiger partial charge in [0.1, 0.15) is 0 Å². The maximum absolute atomic E-state index is 11.8. The first-order chi connectivity index (χ1) is 15.7. The summed E-state index contributed by atoms with van der Waals surface area (Å²) in [5.74, 6) is 0.893. The largest absolute Gasteiger partial charge is 0.466 e. The van der Waals surface area contributed by atoms with Crippen molar-refractivity contribution in [3.8, 4) is 0 Å². The minimum atomic E-state index is 0.0225. The lowest BCUT2D eigenvalue weighted by Gasteiger charge is -2.06. The zero-order valence-corrected chi connectivity index (χ0v) is 22.6. The van der Waals surface area contributed by atoms with Crippen molar-refractivity contribution in [1.29, 1.82) is 0 Å². The molecule has 0 fully saturated rings. The lowest BCUT2D eigenvalue weighted by Crippen LogP contribution is -2.05. The first-order valence-electron chi connectivity index (χ1n) is 14.8. The van der Waals surface area contributed by atoms with Crippen LogP contribution in [-0.4, -0.2) is 12.6 Å². The third kappa shape index (κ3) is 27.5. The van der Waals surface area contributed by atoms with Gasteiger partial charge in [-0.1, -0.05) is 156 Å². The van der Waals surface area contributed by atoms with E-state index >= 15 is 0 Å². The Labute approximate surface area is 203 Å². The predicted octanol–water partition coefficient (Wildman–Crippen LogP) is 10.6. The summed E-state index contributed by atoms with van der Waals surface area (Å²) in [4.78, 5) is 11.8. The zero-order chi connectivity index (χ0) is 23.5. The Balaban J connectivity index is 3.15. The Morgan fingerprint density at radius 2 is 0.906 bits per heavy atom. The molecule has 0 saturated heterocycles. The molecule has 0 aromatic rings. The predicted molar refractivity (Wildman–Crippen MR) is 142 cm³/mol. The smallest absolute Gasteiger partial charge is 0.305 e. The van der Waals surface area contributed by atoms with Crippen LogP contribution in [0.4, 0.5) is 0 Å². The molecule has 0 rings (SSSR count). The molecule has 0 atom stereocenters. The number of carbonyl (C=O) groups excluding carboxylic acids is 1. The molecule has 32 heavy (non-hydrogen) atoms. The van der Waals surface area contributed by atoms with Gasteiger partial charge in [-0.2, -0.15) is 0 Å². The third-order valence-corrected chi connectivity index (χ3v) is 6.67. The lowest BCUT2D eigenvalue weighted by molar-refractivity contribution is -0.143. The van der Waals surface area contributed by atoms with Gasteiger partial charge in [-0.15, -0.1) is 0 Å². The van der Waals surface area contributed by atoms with Gasteiger partial charge in [0.2, 0.25) is 0 Å². The van der Waals surface area contributed by atoms with Crippen LogP contribution in [0.3, 0.4) is 0 Å². The molecule has 0 aliphatic rings. The van der Waals surface area contributed by atoms with Crippen LogP contribution < -0.4 is 0 Å². The summed E-state index contributed by atoms with van der Waals surface area (Å²) in [5, 5.41) is 0. The highest BCUT2D eigenvalue weighted by Gasteiger charge is 2.02. The Morgan fingerprint density at radius 3 is 1.34 bits per heavy atom. The van der Waals surface area contributed by atoms with Crippen LogP contribution in [0.15, 0.2) is 0 Å². The molecule has 2 nitrogen and oxygen atoms in total. The van der Waals surface area contributed by atoms with Crippen molar-refractivity contribution < 1.29 is 9.53 Å². The fourth-order valence-corrected chi connectivity index (χ4v) is 4.44. The van der Waals surface area contributed by atoms with Gasteiger partial charge in [0.25, 0.3) is 0 Å². The van der Waals surface area contributed by atoms with Crippen LogP contribution >= 0.6 is 0 Å². The molecule has 0 aromatic carbocycles. The van der Waals surface area contributed by atoms with E-state index in [2.05, 4.69) is 20.8 Å². The number of carbonyl (C=O) groups is 1. The highest BCUT2D eigenvalue weighted by molar-refractivity contribution is 5.69. The third-order valence-electron chi connectivity index (χ3n) is 6.67. The molecule has 0 N–H and O–H groups in total. The van der Waals surface area contributed by atoms with Gasteiger partial charge < -0.3 is 4.74 Å². The van der Waals surface area contributed by atoms with Crippen molar-refractivity contribution in [3.63, 3.8) is 0 Å². The topological polar surface area (TPSA) is 26.3 Å². The zero-order valence-electron chi connectivity index (χ0n) is 22.6. The summed E-state index contributed by atoms with van der Waals surface area (Å²) in [6, 6.07) is 0. The second-order valence-electron chi connectivity index (χ2n) is 10.6. The molecule has 0 unspecified atom stereocenters. The van der Waals surface area contributed by atoms with E-state index in [4.69, 9.17) is 4.74 Å². The number of unbranched alkanes of at least 4 members (excludes halogenated alkanes) is 20. The van der Waals surface area contributed by atoms with E-state index < -0.39 is 0 Å². The van der Waals surface area contributed by atoms with Crippen molar-refractivity contribution in [2.75, 3.05) is 6.61 Å². The van der Waals surface area contributed by atoms with Gasteiger partial charge in [0.05, 0.1) is 6.61 Å². The average Bonchev–Trinajstić information content (AvgIpc) is 2.77. The van der Waals surface area contributed by atoms with Gasteiger partial charge in [-0.05, 0) is 18.8 Å². The first-order valence-corrected chi connectivity index (χ1v) is 14.8. The van der Waals surface area contributed by atoms with E-state index in [1.54, 1.807) is 0 Å². The molecule has 0 aliphatic heterocycles. The van der Waals surface area contributed by atoms with Crippen molar-refractivity contribution in [2.24, 2.45) is 5.92 Å². The van der Waals surface area contributed by atoms with Crippen LogP contribution in [-0.2, 0) is 9.53 Å². The maximum Gasteiger partial charge on any atom is 0.305 e. The Kier molecular flexibility index (Phi) is 26.3. The maximum atomic E-state index is 11.8. The summed E-state index contributed by atoms with van der Waals surface area (Å²) in [7, 11) is 0. The van der Waals surface area contributed by atoms with E-state index in [-0.39, 0.29) is 5.97 Å². The summed E-state index contributed by atoms with van der Waals surface area (Å²) >= 11 is 0. The molecule has 0 spiro atoms. The van der Waals surface area contributed by atoms with E-state index in [0.717, 1.165) is 18.8 Å². The van der Waals surface area contributed by atoms with E-state index in [0.29, 0.717) is 13.0 Å². The number of hydrogen-bond donors (Lipinski definition) is 0. The highest BCUT2D eigenvalue weighted by Crippen LogP contribution is 2.15. The second-order valence-corrected chi connectivity index (χ2v) is 10.6. The van der Waals surface area contributed by atoms with Gasteiger partial charge in [-0.25, -0.2) is 0 Å². The number of ether oxygens (including phenoxy) is 1. The van der Waals surface area contributed by atoms with Crippen LogP contribution in [0.5, 0.6) is 0 Å². The minimum Gasteiger partial charge on any atom is -0.466 e. The Hall–Kier alpha value is -0.530. The van der Waals surface area contributed by atoms with Gasteiger partial charge in [0.15, 0.2) is 0 Å². The number of rotatable bonds is 26. The average molecular weight is 453 g/mol. The molecule has 0 radical (unpaired) electrons. The molecule has 0 amide bonds. The Morgan fingerprint density at radius 1 is 0.531 bits per heavy atom. The molecule has 0 heterocycles. The molecule has 0 aliphatic carbocycles. The molecular weight excluding hydrogens is 392 g/mol. The molecule has 0 bridgehead atoms. The van der Waals surface area contributed by atoms with E-state index in [1.807, 2.05) is 0 Å². The standard InChI is InChI=1S/C30H60O2/c1-4-5-6-7-8-9-16-19-22-25-28-32-30(31)27-24-21-18-15-13-11-10-12-14-17-20-23-26-29(2)3/h29H,4-28H2,1-3H3.